The summed E-state index contributed by atoms with van der Waals surface area (Å²) < 4.78 is 46.7. The van der Waals surface area contributed by atoms with Crippen LogP contribution in [0.25, 0.3) is 0 Å². The zero-order chi connectivity index (χ0) is 24.3. The van der Waals surface area contributed by atoms with E-state index in [1.54, 1.807) is 4.90 Å². The molecule has 0 aromatic heterocycles. The molecule has 184 valence electrons. The fraction of sp³-hybridized carbons (Fsp3) is 0.600. The second-order valence-corrected chi connectivity index (χ2v) is 9.48. The number of nitrogens with zero attached hydrogens (tertiary/aromatic N) is 2. The molecule has 3 aliphatic rings. The van der Waals surface area contributed by atoms with Crippen LogP contribution in [0, 0.1) is 17.8 Å². The number of piperidine rings is 1. The van der Waals surface area contributed by atoms with Gasteiger partial charge in [-0.2, -0.15) is 13.2 Å². The monoisotopic (exact) mass is 477 g/mol. The average molecular weight is 478 g/mol. The number of benzene rings is 1. The van der Waals surface area contributed by atoms with Crippen LogP contribution in [0.4, 0.5) is 29.3 Å². The lowest BCUT2D eigenvalue weighted by atomic mass is 9.78. The molecule has 1 aromatic rings. The molecular formula is C25H30F3N3O3. The molecule has 0 bridgehead atoms. The van der Waals surface area contributed by atoms with Crippen LogP contribution in [0.15, 0.2) is 18.2 Å². The van der Waals surface area contributed by atoms with Crippen molar-refractivity contribution in [3.8, 4) is 12.3 Å². The molecule has 2 heterocycles. The predicted molar refractivity (Wildman–Crippen MR) is 122 cm³/mol. The van der Waals surface area contributed by atoms with E-state index in [1.807, 2.05) is 4.90 Å². The van der Waals surface area contributed by atoms with E-state index in [0.717, 1.165) is 31.7 Å². The Balaban J connectivity index is 1.55. The highest BCUT2D eigenvalue weighted by Gasteiger charge is 2.51. The predicted octanol–water partition coefficient (Wildman–Crippen LogP) is 5.04. The highest BCUT2D eigenvalue weighted by Crippen LogP contribution is 2.46. The largest absolute Gasteiger partial charge is 0.436 e. The Morgan fingerprint density at radius 3 is 2.65 bits per heavy atom. The fourth-order valence-electron chi connectivity index (χ4n) is 5.68. The van der Waals surface area contributed by atoms with Crippen molar-refractivity contribution < 1.29 is 27.5 Å². The second-order valence-electron chi connectivity index (χ2n) is 9.48. The maximum absolute atomic E-state index is 14.0. The van der Waals surface area contributed by atoms with Crippen molar-refractivity contribution >= 4 is 23.4 Å². The summed E-state index contributed by atoms with van der Waals surface area (Å²) in [7, 11) is 0. The summed E-state index contributed by atoms with van der Waals surface area (Å²) in [5.41, 5.74) is -1.49. The minimum atomic E-state index is -4.63. The van der Waals surface area contributed by atoms with Crippen LogP contribution >= 0.6 is 0 Å². The van der Waals surface area contributed by atoms with E-state index < -0.39 is 23.2 Å². The summed E-state index contributed by atoms with van der Waals surface area (Å²) in [4.78, 5) is 28.9. The summed E-state index contributed by atoms with van der Waals surface area (Å²) in [5.74, 6) is 2.23. The van der Waals surface area contributed by atoms with Crippen LogP contribution in [-0.2, 0) is 15.7 Å². The van der Waals surface area contributed by atoms with Gasteiger partial charge in [0.2, 0.25) is 5.91 Å². The first-order valence-electron chi connectivity index (χ1n) is 11.9. The number of carbonyl (C=O) groups excluding carboxylic acids is 2. The van der Waals surface area contributed by atoms with Gasteiger partial charge in [-0.1, -0.05) is 25.2 Å². The topological polar surface area (TPSA) is 61.9 Å². The lowest BCUT2D eigenvalue weighted by Crippen LogP contribution is -2.50. The lowest BCUT2D eigenvalue weighted by molar-refractivity contribution is -0.139. The molecule has 1 N–H and O–H groups in total. The van der Waals surface area contributed by atoms with Crippen molar-refractivity contribution in [2.75, 3.05) is 36.5 Å². The second kappa shape index (κ2) is 9.77. The van der Waals surface area contributed by atoms with Crippen molar-refractivity contribution in [3.63, 3.8) is 0 Å². The number of terminal acetylenes is 1. The fourth-order valence-corrected chi connectivity index (χ4v) is 5.68. The van der Waals surface area contributed by atoms with Gasteiger partial charge in [-0.3, -0.25) is 10.1 Å². The van der Waals surface area contributed by atoms with Gasteiger partial charge in [0.05, 0.1) is 11.0 Å². The molecule has 0 radical (unpaired) electrons. The van der Waals surface area contributed by atoms with E-state index in [0.29, 0.717) is 32.4 Å². The Hall–Kier alpha value is -2.89. The van der Waals surface area contributed by atoms with E-state index in [2.05, 4.69) is 16.0 Å². The van der Waals surface area contributed by atoms with Gasteiger partial charge in [-0.25, -0.2) is 4.79 Å². The molecule has 2 saturated heterocycles. The van der Waals surface area contributed by atoms with Gasteiger partial charge in [0.15, 0.2) is 6.61 Å². The lowest BCUT2D eigenvalue weighted by Gasteiger charge is -2.42. The summed E-state index contributed by atoms with van der Waals surface area (Å²) in [6.07, 6.45) is 6.99. The zero-order valence-electron chi connectivity index (χ0n) is 19.1. The van der Waals surface area contributed by atoms with Gasteiger partial charge in [0, 0.05) is 37.1 Å². The van der Waals surface area contributed by atoms with E-state index in [-0.39, 0.29) is 36.5 Å². The van der Waals surface area contributed by atoms with Crippen LogP contribution in [0.1, 0.15) is 56.9 Å². The number of rotatable bonds is 4. The molecule has 34 heavy (non-hydrogen) atoms. The normalized spacial score (nSPS) is 23.8. The Morgan fingerprint density at radius 2 is 1.94 bits per heavy atom. The summed E-state index contributed by atoms with van der Waals surface area (Å²) >= 11 is 0. The molecule has 1 aliphatic carbocycles. The average Bonchev–Trinajstić information content (AvgIpc) is 3.12. The SMILES string of the molecule is C#CCOC(=O)Nc1ccc(N2CCC[C@]3(CCN(C4CCCCC4)C3=O)C2)c(C(F)(F)F)c1. The van der Waals surface area contributed by atoms with Gasteiger partial charge in [-0.15, -0.1) is 6.42 Å². The number of halogens is 3. The standard InChI is InChI=1S/C25H30F3N3O3/c1-2-15-34-23(33)29-18-9-10-21(20(16-18)25(26,27)28)30-13-6-11-24(17-30)12-14-31(22(24)32)19-7-4-3-5-8-19/h1,9-10,16,19H,3-8,11-15,17H2,(H,29,33)/t24-/m0/s1. The van der Waals surface area contributed by atoms with Gasteiger partial charge in [0.1, 0.15) is 0 Å². The zero-order valence-corrected chi connectivity index (χ0v) is 19.1. The number of hydrogen-bond acceptors (Lipinski definition) is 4. The number of alkyl halides is 3. The van der Waals surface area contributed by atoms with Crippen LogP contribution < -0.4 is 10.2 Å². The van der Waals surface area contributed by atoms with Crippen molar-refractivity contribution in [2.24, 2.45) is 5.41 Å². The molecule has 4 rings (SSSR count). The van der Waals surface area contributed by atoms with E-state index in [4.69, 9.17) is 6.42 Å². The number of carbonyl (C=O) groups is 2. The van der Waals surface area contributed by atoms with Crippen LogP contribution in [0.2, 0.25) is 0 Å². The number of amides is 2. The van der Waals surface area contributed by atoms with Gasteiger partial charge >= 0.3 is 12.3 Å². The first-order chi connectivity index (χ1) is 16.2. The quantitative estimate of drug-likeness (QED) is 0.618. The number of ether oxygens (including phenoxy) is 1. The maximum atomic E-state index is 14.0. The third-order valence-corrected chi connectivity index (χ3v) is 7.31. The molecule has 3 fully saturated rings. The minimum Gasteiger partial charge on any atom is -0.436 e. The van der Waals surface area contributed by atoms with Crippen LogP contribution in [0.3, 0.4) is 0 Å². The molecule has 2 amide bonds. The molecule has 1 atom stereocenters. The molecule has 9 heteroatoms. The van der Waals surface area contributed by atoms with Gasteiger partial charge < -0.3 is 14.5 Å². The summed E-state index contributed by atoms with van der Waals surface area (Å²) in [5, 5.41) is 2.28. The molecule has 6 nitrogen and oxygen atoms in total. The highest BCUT2D eigenvalue weighted by atomic mass is 19.4. The number of nitrogens with one attached hydrogen (secondary N) is 1. The molecular weight excluding hydrogens is 447 g/mol. The Kier molecular flexibility index (Phi) is 6.96. The highest BCUT2D eigenvalue weighted by molar-refractivity contribution is 5.87. The van der Waals surface area contributed by atoms with Crippen molar-refractivity contribution in [1.82, 2.24) is 4.90 Å². The third kappa shape index (κ3) is 4.96. The molecule has 1 saturated carbocycles. The number of likely N-dealkylation sites (tertiary alicyclic amines) is 1. The van der Waals surface area contributed by atoms with Crippen molar-refractivity contribution in [3.05, 3.63) is 23.8 Å². The van der Waals surface area contributed by atoms with Gasteiger partial charge in [-0.05, 0) is 50.3 Å². The Morgan fingerprint density at radius 1 is 1.18 bits per heavy atom. The number of hydrogen-bond donors (Lipinski definition) is 1. The van der Waals surface area contributed by atoms with E-state index >= 15 is 0 Å². The Labute approximate surface area is 197 Å². The van der Waals surface area contributed by atoms with Crippen LogP contribution in [0.5, 0.6) is 0 Å². The summed E-state index contributed by atoms with van der Waals surface area (Å²) in [6, 6.07) is 3.94. The first-order valence-corrected chi connectivity index (χ1v) is 11.9. The molecule has 2 aliphatic heterocycles. The number of anilines is 2. The van der Waals surface area contributed by atoms with Crippen molar-refractivity contribution in [1.29, 1.82) is 0 Å². The summed E-state index contributed by atoms with van der Waals surface area (Å²) in [6.45, 7) is 1.12. The van der Waals surface area contributed by atoms with Gasteiger partial charge in [0.25, 0.3) is 0 Å². The Bertz CT molecular complexity index is 968. The molecule has 1 aromatic carbocycles. The van der Waals surface area contributed by atoms with E-state index in [9.17, 15) is 22.8 Å². The molecule has 0 unspecified atom stereocenters. The van der Waals surface area contributed by atoms with E-state index in [1.165, 1.54) is 18.6 Å². The maximum Gasteiger partial charge on any atom is 0.418 e. The van der Waals surface area contributed by atoms with Crippen LogP contribution in [-0.4, -0.2) is 49.2 Å². The van der Waals surface area contributed by atoms with Crippen molar-refractivity contribution in [2.45, 2.75) is 63.6 Å². The minimum absolute atomic E-state index is 0.0260. The molecule has 1 spiro atoms. The third-order valence-electron chi connectivity index (χ3n) is 7.31. The smallest absolute Gasteiger partial charge is 0.418 e. The first kappa shape index (κ1) is 24.2.